The molecule has 0 fully saturated rings. The summed E-state index contributed by atoms with van der Waals surface area (Å²) in [5, 5.41) is 9.16. The van der Waals surface area contributed by atoms with Crippen molar-refractivity contribution in [1.29, 1.82) is 0 Å². The standard InChI is InChI=1S/C38H24S/c1-2-13-28(38-35(19-3-1)34-18-8-9-20-37(34)39-38)27-12-10-11-25(23-27)26-21-22-33-31-16-5-4-14-29(31)30-15-6-7-17-32(30)36(33)24-26/h3-12,14-24,28H,1H2/b19-3-. The van der Waals surface area contributed by atoms with Gasteiger partial charge in [-0.15, -0.1) is 11.3 Å². The van der Waals surface area contributed by atoms with Crippen molar-refractivity contribution in [2.24, 2.45) is 0 Å². The first-order valence-electron chi connectivity index (χ1n) is 13.4. The number of rotatable bonds is 2. The molecular formula is C38H24S. The predicted octanol–water partition coefficient (Wildman–Crippen LogP) is 10.6. The zero-order valence-electron chi connectivity index (χ0n) is 21.3. The zero-order valence-corrected chi connectivity index (χ0v) is 22.1. The molecule has 1 aliphatic rings. The van der Waals surface area contributed by atoms with Crippen LogP contribution in [0, 0.1) is 11.8 Å². The van der Waals surface area contributed by atoms with E-state index in [1.807, 2.05) is 11.3 Å². The summed E-state index contributed by atoms with van der Waals surface area (Å²) in [7, 11) is 0. The molecule has 0 nitrogen and oxygen atoms in total. The van der Waals surface area contributed by atoms with Gasteiger partial charge in [0.05, 0.1) is 5.92 Å². The third-order valence-electron chi connectivity index (χ3n) is 7.97. The Labute approximate surface area is 231 Å². The molecule has 0 radical (unpaired) electrons. The van der Waals surface area contributed by atoms with Crippen LogP contribution in [0.2, 0.25) is 0 Å². The van der Waals surface area contributed by atoms with Gasteiger partial charge in [0, 0.05) is 21.4 Å². The lowest BCUT2D eigenvalue weighted by atomic mass is 9.89. The van der Waals surface area contributed by atoms with Gasteiger partial charge < -0.3 is 0 Å². The number of fused-ring (bicyclic) bond motifs is 9. The highest BCUT2D eigenvalue weighted by molar-refractivity contribution is 7.19. The van der Waals surface area contributed by atoms with Crippen molar-refractivity contribution in [3.05, 3.63) is 137 Å². The minimum absolute atomic E-state index is 0.0625. The fourth-order valence-electron chi connectivity index (χ4n) is 6.15. The molecule has 1 aromatic heterocycles. The van der Waals surface area contributed by atoms with Crippen LogP contribution in [0.4, 0.5) is 0 Å². The maximum Gasteiger partial charge on any atom is 0.0802 e. The molecule has 0 amide bonds. The molecule has 1 unspecified atom stereocenters. The molecule has 182 valence electrons. The molecule has 0 N–H and O–H groups in total. The third kappa shape index (κ3) is 3.61. The van der Waals surface area contributed by atoms with Gasteiger partial charge in [0.25, 0.3) is 0 Å². The van der Waals surface area contributed by atoms with Gasteiger partial charge in [-0.1, -0.05) is 121 Å². The van der Waals surface area contributed by atoms with Crippen LogP contribution >= 0.6 is 11.3 Å². The van der Waals surface area contributed by atoms with Gasteiger partial charge in [0.15, 0.2) is 0 Å². The van der Waals surface area contributed by atoms with Gasteiger partial charge >= 0.3 is 0 Å². The Balaban J connectivity index is 1.31. The summed E-state index contributed by atoms with van der Waals surface area (Å²) in [5.74, 6) is 7.09. The van der Waals surface area contributed by atoms with Crippen LogP contribution in [0.25, 0.3) is 59.6 Å². The summed E-state index contributed by atoms with van der Waals surface area (Å²) in [6.45, 7) is 0. The highest BCUT2D eigenvalue weighted by Gasteiger charge is 2.21. The average Bonchev–Trinajstić information content (AvgIpc) is 3.34. The van der Waals surface area contributed by atoms with E-state index in [4.69, 9.17) is 0 Å². The molecule has 1 aliphatic carbocycles. The Morgan fingerprint density at radius 3 is 1.97 bits per heavy atom. The quantitative estimate of drug-likeness (QED) is 0.160. The van der Waals surface area contributed by atoms with Crippen molar-refractivity contribution in [3.63, 3.8) is 0 Å². The Morgan fingerprint density at radius 2 is 1.21 bits per heavy atom. The van der Waals surface area contributed by atoms with E-state index in [0.29, 0.717) is 0 Å². The first-order valence-corrected chi connectivity index (χ1v) is 14.3. The van der Waals surface area contributed by atoms with Crippen molar-refractivity contribution in [1.82, 2.24) is 0 Å². The van der Waals surface area contributed by atoms with Gasteiger partial charge in [0.2, 0.25) is 0 Å². The Kier molecular flexibility index (Phi) is 5.15. The van der Waals surface area contributed by atoms with Crippen LogP contribution in [0.15, 0.2) is 121 Å². The number of benzene rings is 6. The van der Waals surface area contributed by atoms with E-state index in [1.165, 1.54) is 69.5 Å². The van der Waals surface area contributed by atoms with E-state index >= 15 is 0 Å². The molecule has 1 heterocycles. The normalized spacial score (nSPS) is 15.5. The Bertz CT molecular complexity index is 2130. The van der Waals surface area contributed by atoms with Gasteiger partial charge in [-0.2, -0.15) is 0 Å². The second-order valence-corrected chi connectivity index (χ2v) is 11.3. The molecule has 0 saturated heterocycles. The van der Waals surface area contributed by atoms with E-state index in [9.17, 15) is 0 Å². The lowest BCUT2D eigenvalue weighted by molar-refractivity contribution is 1.09. The third-order valence-corrected chi connectivity index (χ3v) is 9.22. The maximum atomic E-state index is 3.62. The van der Waals surface area contributed by atoms with Gasteiger partial charge in [-0.25, -0.2) is 0 Å². The van der Waals surface area contributed by atoms with Crippen molar-refractivity contribution in [2.45, 2.75) is 12.3 Å². The van der Waals surface area contributed by atoms with Crippen LogP contribution in [-0.2, 0) is 0 Å². The highest BCUT2D eigenvalue weighted by Crippen LogP contribution is 2.42. The molecular weight excluding hydrogens is 488 g/mol. The number of hydrogen-bond acceptors (Lipinski definition) is 1. The molecule has 8 rings (SSSR count). The number of hydrogen-bond donors (Lipinski definition) is 0. The smallest absolute Gasteiger partial charge is 0.0802 e. The van der Waals surface area contributed by atoms with E-state index in [1.54, 1.807) is 0 Å². The highest BCUT2D eigenvalue weighted by atomic mass is 32.1. The summed E-state index contributed by atoms with van der Waals surface area (Å²) in [6, 6.07) is 42.2. The zero-order chi connectivity index (χ0) is 25.8. The van der Waals surface area contributed by atoms with Gasteiger partial charge in [-0.3, -0.25) is 0 Å². The molecule has 6 aromatic carbocycles. The average molecular weight is 513 g/mol. The second kappa shape index (κ2) is 8.98. The molecule has 39 heavy (non-hydrogen) atoms. The monoisotopic (exact) mass is 512 g/mol. The summed E-state index contributed by atoms with van der Waals surface area (Å²) >= 11 is 1.88. The van der Waals surface area contributed by atoms with Gasteiger partial charge in [0.1, 0.15) is 0 Å². The molecule has 0 spiro atoms. The Hall–Kier alpha value is -4.64. The first kappa shape index (κ1) is 22.4. The first-order chi connectivity index (χ1) is 19.3. The summed E-state index contributed by atoms with van der Waals surface area (Å²) in [5.41, 5.74) is 5.05. The molecule has 7 aromatic rings. The topological polar surface area (TPSA) is 0 Å². The number of thiophene rings is 1. The minimum Gasteiger partial charge on any atom is -0.138 e. The van der Waals surface area contributed by atoms with E-state index in [0.717, 1.165) is 6.42 Å². The number of allylic oxidation sites excluding steroid dienone is 1. The minimum atomic E-state index is 0.0625. The van der Waals surface area contributed by atoms with Gasteiger partial charge in [-0.05, 0) is 72.8 Å². The fraction of sp³-hybridized carbons (Fsp3) is 0.0526. The summed E-state index contributed by atoms with van der Waals surface area (Å²) < 4.78 is 1.32. The molecule has 0 aliphatic heterocycles. The molecule has 1 heteroatoms. The van der Waals surface area contributed by atoms with Crippen molar-refractivity contribution >= 4 is 59.8 Å². The van der Waals surface area contributed by atoms with Crippen LogP contribution < -0.4 is 0 Å². The van der Waals surface area contributed by atoms with E-state index in [-0.39, 0.29) is 5.92 Å². The van der Waals surface area contributed by atoms with Crippen LogP contribution in [0.5, 0.6) is 0 Å². The molecule has 1 atom stereocenters. The maximum absolute atomic E-state index is 3.62. The second-order valence-electron chi connectivity index (χ2n) is 10.2. The van der Waals surface area contributed by atoms with Crippen LogP contribution in [0.1, 0.15) is 28.3 Å². The molecule has 0 saturated carbocycles. The van der Waals surface area contributed by atoms with E-state index in [2.05, 4.69) is 139 Å². The van der Waals surface area contributed by atoms with Crippen molar-refractivity contribution in [2.75, 3.05) is 0 Å². The van der Waals surface area contributed by atoms with E-state index < -0.39 is 0 Å². The largest absolute Gasteiger partial charge is 0.138 e. The Morgan fingerprint density at radius 1 is 0.564 bits per heavy atom. The SMILES string of the molecule is C1#CC(c2cccc(-c3ccc4c5ccccc5c5ccccc5c4c3)c2)c2sc3ccccc3c2/C=C\C1. The van der Waals surface area contributed by atoms with Crippen LogP contribution in [0.3, 0.4) is 0 Å². The summed E-state index contributed by atoms with van der Waals surface area (Å²) in [4.78, 5) is 1.34. The van der Waals surface area contributed by atoms with Crippen molar-refractivity contribution in [3.8, 4) is 23.0 Å². The summed E-state index contributed by atoms with van der Waals surface area (Å²) in [6.07, 6.45) is 5.25. The fourth-order valence-corrected chi connectivity index (χ4v) is 7.42. The lowest BCUT2D eigenvalue weighted by Crippen LogP contribution is -1.99. The molecule has 0 bridgehead atoms. The van der Waals surface area contributed by atoms with Crippen molar-refractivity contribution < 1.29 is 0 Å². The lowest BCUT2D eigenvalue weighted by Gasteiger charge is -2.15. The van der Waals surface area contributed by atoms with Crippen LogP contribution in [-0.4, -0.2) is 0 Å². The predicted molar refractivity (Wildman–Crippen MR) is 169 cm³/mol.